The van der Waals surface area contributed by atoms with Crippen LogP contribution in [0.15, 0.2) is 83.0 Å². The van der Waals surface area contributed by atoms with Crippen LogP contribution in [-0.4, -0.2) is 5.91 Å². The number of nitrogens with one attached hydrogen (secondary N) is 2. The Kier molecular flexibility index (Phi) is 8.40. The minimum Gasteiger partial charge on any atom is -0.298 e. The monoisotopic (exact) mass is 408 g/mol. The third-order valence-electron chi connectivity index (χ3n) is 5.31. The van der Waals surface area contributed by atoms with Crippen LogP contribution in [0.3, 0.4) is 0 Å². The first-order chi connectivity index (χ1) is 14.2. The number of amides is 1. The van der Waals surface area contributed by atoms with E-state index in [9.17, 15) is 9.18 Å². The Bertz CT molecular complexity index is 899. The maximum Gasteiger partial charge on any atom is 0.262 e. The molecule has 0 bridgehead atoms. The lowest BCUT2D eigenvalue weighted by Gasteiger charge is -2.32. The van der Waals surface area contributed by atoms with Crippen molar-refractivity contribution >= 4 is 11.6 Å². The molecule has 1 aromatic rings. The van der Waals surface area contributed by atoms with Crippen LogP contribution in [0.1, 0.15) is 53.9 Å². The van der Waals surface area contributed by atoms with E-state index < -0.39 is 0 Å². The molecule has 0 spiro atoms. The summed E-state index contributed by atoms with van der Waals surface area (Å²) in [6.45, 7) is 10.8. The number of hydrogen-bond donors (Lipinski definition) is 2. The van der Waals surface area contributed by atoms with Gasteiger partial charge in [0.15, 0.2) is 0 Å². The fourth-order valence-corrected chi connectivity index (χ4v) is 3.59. The van der Waals surface area contributed by atoms with Gasteiger partial charge in [-0.1, -0.05) is 55.4 Å². The van der Waals surface area contributed by atoms with Gasteiger partial charge in [-0.25, -0.2) is 4.39 Å². The van der Waals surface area contributed by atoms with Gasteiger partial charge in [-0.15, -0.1) is 0 Å². The van der Waals surface area contributed by atoms with E-state index in [2.05, 4.69) is 50.7 Å². The van der Waals surface area contributed by atoms with Crippen LogP contribution in [0.5, 0.6) is 0 Å². The zero-order valence-corrected chi connectivity index (χ0v) is 18.7. The van der Waals surface area contributed by atoms with E-state index in [1.54, 1.807) is 12.1 Å². The first-order valence-corrected chi connectivity index (χ1v) is 10.4. The van der Waals surface area contributed by atoms with Gasteiger partial charge < -0.3 is 0 Å². The molecule has 1 aromatic carbocycles. The summed E-state index contributed by atoms with van der Waals surface area (Å²) in [6, 6.07) is 5.77. The Labute approximate surface area is 180 Å². The number of anilines is 1. The van der Waals surface area contributed by atoms with Crippen molar-refractivity contribution in [2.24, 2.45) is 5.41 Å². The van der Waals surface area contributed by atoms with Gasteiger partial charge in [0, 0.05) is 6.08 Å². The van der Waals surface area contributed by atoms with Crippen molar-refractivity contribution in [1.82, 2.24) is 5.43 Å². The molecule has 1 amide bonds. The molecule has 1 aliphatic carbocycles. The van der Waals surface area contributed by atoms with E-state index in [1.807, 2.05) is 25.2 Å². The van der Waals surface area contributed by atoms with E-state index in [4.69, 9.17) is 0 Å². The zero-order chi connectivity index (χ0) is 22.1. The summed E-state index contributed by atoms with van der Waals surface area (Å²) < 4.78 is 12.9. The van der Waals surface area contributed by atoms with Crippen molar-refractivity contribution in [2.45, 2.75) is 53.9 Å². The van der Waals surface area contributed by atoms with Gasteiger partial charge in [0.2, 0.25) is 0 Å². The average molecular weight is 409 g/mol. The molecule has 1 aliphatic rings. The summed E-state index contributed by atoms with van der Waals surface area (Å²) in [6.07, 6.45) is 15.5. The Morgan fingerprint density at radius 3 is 2.47 bits per heavy atom. The highest BCUT2D eigenvalue weighted by atomic mass is 19.1. The van der Waals surface area contributed by atoms with Crippen LogP contribution in [0.4, 0.5) is 10.1 Å². The van der Waals surface area contributed by atoms with Crippen LogP contribution < -0.4 is 10.9 Å². The first kappa shape index (κ1) is 23.4. The van der Waals surface area contributed by atoms with E-state index in [-0.39, 0.29) is 17.1 Å². The van der Waals surface area contributed by atoms with E-state index in [1.165, 1.54) is 48.6 Å². The van der Waals surface area contributed by atoms with Gasteiger partial charge in [0.05, 0.1) is 5.69 Å². The summed E-state index contributed by atoms with van der Waals surface area (Å²) in [7, 11) is 0. The minimum absolute atomic E-state index is 0.240. The molecule has 0 fully saturated rings. The van der Waals surface area contributed by atoms with Crippen LogP contribution >= 0.6 is 0 Å². The molecular formula is C26H33FN2O. The molecule has 0 aromatic heterocycles. The van der Waals surface area contributed by atoms with Gasteiger partial charge in [-0.05, 0) is 80.9 Å². The average Bonchev–Trinajstić information content (AvgIpc) is 2.66. The molecule has 4 heteroatoms. The second-order valence-corrected chi connectivity index (χ2v) is 8.54. The highest BCUT2D eigenvalue weighted by Crippen LogP contribution is 2.40. The number of halogens is 1. The smallest absolute Gasteiger partial charge is 0.262 e. The lowest BCUT2D eigenvalue weighted by Crippen LogP contribution is -2.27. The van der Waals surface area contributed by atoms with Crippen molar-refractivity contribution in [1.29, 1.82) is 0 Å². The standard InChI is InChI=1S/C26H33FN2O/c1-19(11-16-24-21(3)10-7-17-26(24,4)5)8-6-9-20(2)18-25(30)29-28-23-14-12-22(27)13-15-23/h6,8-9,11-16,18,28H,7,10,17H2,1-5H3,(H,29,30)/b9-6+,16-11+,19-8+,20-18+. The number of carbonyl (C=O) groups excluding carboxylic acids is 1. The molecular weight excluding hydrogens is 375 g/mol. The summed E-state index contributed by atoms with van der Waals surface area (Å²) >= 11 is 0. The lowest BCUT2D eigenvalue weighted by molar-refractivity contribution is -0.116. The molecule has 2 N–H and O–H groups in total. The Hall–Kier alpha value is -2.88. The second-order valence-electron chi connectivity index (χ2n) is 8.54. The molecule has 0 atom stereocenters. The summed E-state index contributed by atoms with van der Waals surface area (Å²) in [5.74, 6) is -0.593. The van der Waals surface area contributed by atoms with Crippen LogP contribution in [0.25, 0.3) is 0 Å². The van der Waals surface area contributed by atoms with Gasteiger partial charge in [-0.3, -0.25) is 15.6 Å². The molecule has 0 unspecified atom stereocenters. The largest absolute Gasteiger partial charge is 0.298 e. The third kappa shape index (κ3) is 7.51. The second kappa shape index (κ2) is 10.8. The maximum atomic E-state index is 12.9. The lowest BCUT2D eigenvalue weighted by atomic mass is 9.72. The Balaban J connectivity index is 1.89. The van der Waals surface area contributed by atoms with Crippen molar-refractivity contribution in [2.75, 3.05) is 5.43 Å². The molecule has 0 saturated carbocycles. The molecule has 3 nitrogen and oxygen atoms in total. The zero-order valence-electron chi connectivity index (χ0n) is 18.7. The number of benzene rings is 1. The van der Waals surface area contributed by atoms with Gasteiger partial charge in [-0.2, -0.15) is 0 Å². The quantitative estimate of drug-likeness (QED) is 0.296. The van der Waals surface area contributed by atoms with Crippen molar-refractivity contribution in [3.8, 4) is 0 Å². The van der Waals surface area contributed by atoms with Crippen molar-refractivity contribution in [3.63, 3.8) is 0 Å². The fourth-order valence-electron chi connectivity index (χ4n) is 3.59. The normalized spacial score (nSPS) is 17.7. The molecule has 0 saturated heterocycles. The minimum atomic E-state index is -0.319. The first-order valence-electron chi connectivity index (χ1n) is 10.4. The third-order valence-corrected chi connectivity index (χ3v) is 5.31. The Morgan fingerprint density at radius 1 is 1.10 bits per heavy atom. The topological polar surface area (TPSA) is 41.1 Å². The number of hydrogen-bond acceptors (Lipinski definition) is 2. The number of carbonyl (C=O) groups is 1. The van der Waals surface area contributed by atoms with Crippen LogP contribution in [0, 0.1) is 11.2 Å². The van der Waals surface area contributed by atoms with E-state index >= 15 is 0 Å². The van der Waals surface area contributed by atoms with Crippen LogP contribution in [-0.2, 0) is 4.79 Å². The van der Waals surface area contributed by atoms with Crippen molar-refractivity contribution in [3.05, 3.63) is 88.8 Å². The van der Waals surface area contributed by atoms with E-state index in [0.717, 1.165) is 11.1 Å². The highest BCUT2D eigenvalue weighted by molar-refractivity contribution is 5.89. The number of rotatable bonds is 7. The molecule has 2 rings (SSSR count). The summed E-state index contributed by atoms with van der Waals surface area (Å²) in [5, 5.41) is 0. The predicted octanol–water partition coefficient (Wildman–Crippen LogP) is 6.80. The summed E-state index contributed by atoms with van der Waals surface area (Å²) in [5.41, 5.74) is 11.1. The SMILES string of the molecule is CC1=C(/C=C/C(C)=C/C=C/C(C)=C/C(=O)NNc2ccc(F)cc2)C(C)(C)CCC1. The maximum absolute atomic E-state index is 12.9. The highest BCUT2D eigenvalue weighted by Gasteiger charge is 2.26. The Morgan fingerprint density at radius 2 is 1.80 bits per heavy atom. The summed E-state index contributed by atoms with van der Waals surface area (Å²) in [4.78, 5) is 12.0. The van der Waals surface area contributed by atoms with E-state index in [0.29, 0.717) is 5.69 Å². The molecule has 0 heterocycles. The van der Waals surface area contributed by atoms with Gasteiger partial charge in [0.1, 0.15) is 5.82 Å². The molecule has 30 heavy (non-hydrogen) atoms. The number of hydrazine groups is 1. The van der Waals surface area contributed by atoms with Gasteiger partial charge in [0.25, 0.3) is 5.91 Å². The number of allylic oxidation sites excluding steroid dienone is 9. The molecule has 0 radical (unpaired) electrons. The molecule has 160 valence electrons. The van der Waals surface area contributed by atoms with Crippen LogP contribution in [0.2, 0.25) is 0 Å². The fraction of sp³-hybridized carbons (Fsp3) is 0.346. The predicted molar refractivity (Wildman–Crippen MR) is 124 cm³/mol. The van der Waals surface area contributed by atoms with Gasteiger partial charge >= 0.3 is 0 Å². The molecule has 0 aliphatic heterocycles. The van der Waals surface area contributed by atoms with Crippen molar-refractivity contribution < 1.29 is 9.18 Å².